The Labute approximate surface area is 120 Å². The molecule has 0 spiro atoms. The third kappa shape index (κ3) is 4.08. The first-order valence-corrected chi connectivity index (χ1v) is 6.99. The number of aliphatic carboxylic acids is 1. The molecule has 0 bridgehead atoms. The van der Waals surface area contributed by atoms with Gasteiger partial charge in [-0.05, 0) is 36.3 Å². The SMILES string of the molecule is O=C(O)/C=C/c1cc(Br)ccc1N1CCCOCC1. The van der Waals surface area contributed by atoms with Gasteiger partial charge in [-0.2, -0.15) is 0 Å². The molecule has 5 heteroatoms. The quantitative estimate of drug-likeness (QED) is 0.868. The summed E-state index contributed by atoms with van der Waals surface area (Å²) in [7, 11) is 0. The van der Waals surface area contributed by atoms with Crippen molar-refractivity contribution in [2.45, 2.75) is 6.42 Å². The van der Waals surface area contributed by atoms with Crippen LogP contribution in [0.4, 0.5) is 5.69 Å². The number of carbonyl (C=O) groups is 1. The number of anilines is 1. The highest BCUT2D eigenvalue weighted by molar-refractivity contribution is 9.10. The van der Waals surface area contributed by atoms with Gasteiger partial charge >= 0.3 is 5.97 Å². The van der Waals surface area contributed by atoms with Crippen molar-refractivity contribution in [2.24, 2.45) is 0 Å². The Bertz CT molecular complexity index is 480. The van der Waals surface area contributed by atoms with Crippen LogP contribution in [0.15, 0.2) is 28.7 Å². The summed E-state index contributed by atoms with van der Waals surface area (Å²) in [4.78, 5) is 12.9. The molecular formula is C14H16BrNO3. The number of carboxylic acid groups (broad SMARTS) is 1. The lowest BCUT2D eigenvalue weighted by Crippen LogP contribution is -2.26. The molecule has 0 amide bonds. The van der Waals surface area contributed by atoms with E-state index in [0.717, 1.165) is 41.8 Å². The number of carboxylic acids is 1. The van der Waals surface area contributed by atoms with Crippen LogP contribution in [0.1, 0.15) is 12.0 Å². The first-order chi connectivity index (χ1) is 9.16. The van der Waals surface area contributed by atoms with Crippen molar-refractivity contribution in [1.82, 2.24) is 0 Å². The Kier molecular flexibility index (Phi) is 4.99. The maximum absolute atomic E-state index is 10.7. The van der Waals surface area contributed by atoms with Gasteiger partial charge in [0.15, 0.2) is 0 Å². The molecule has 1 aromatic carbocycles. The minimum atomic E-state index is -0.940. The van der Waals surface area contributed by atoms with Gasteiger partial charge < -0.3 is 14.7 Å². The molecule has 0 aromatic heterocycles. The monoisotopic (exact) mass is 325 g/mol. The normalized spacial score (nSPS) is 16.6. The lowest BCUT2D eigenvalue weighted by Gasteiger charge is -2.24. The van der Waals surface area contributed by atoms with Crippen LogP contribution in [0.5, 0.6) is 0 Å². The summed E-state index contributed by atoms with van der Waals surface area (Å²) in [5.41, 5.74) is 1.95. The second-order valence-electron chi connectivity index (χ2n) is 4.33. The Balaban J connectivity index is 2.29. The van der Waals surface area contributed by atoms with E-state index in [4.69, 9.17) is 9.84 Å². The van der Waals surface area contributed by atoms with Gasteiger partial charge in [-0.25, -0.2) is 4.79 Å². The summed E-state index contributed by atoms with van der Waals surface area (Å²) in [5, 5.41) is 8.76. The molecular weight excluding hydrogens is 310 g/mol. The molecule has 1 aliphatic rings. The van der Waals surface area contributed by atoms with E-state index in [2.05, 4.69) is 20.8 Å². The standard InChI is InChI=1S/C14H16BrNO3/c15-12-3-4-13(11(10-12)2-5-14(17)18)16-6-1-8-19-9-7-16/h2-5,10H,1,6-9H2,(H,17,18)/b5-2+. The predicted octanol–water partition coefficient (Wildman–Crippen LogP) is 2.77. The second-order valence-corrected chi connectivity index (χ2v) is 5.24. The minimum Gasteiger partial charge on any atom is -0.478 e. The lowest BCUT2D eigenvalue weighted by molar-refractivity contribution is -0.131. The molecule has 1 saturated heterocycles. The molecule has 0 unspecified atom stereocenters. The third-order valence-electron chi connectivity index (χ3n) is 2.96. The molecule has 19 heavy (non-hydrogen) atoms. The number of nitrogens with zero attached hydrogens (tertiary/aromatic N) is 1. The van der Waals surface area contributed by atoms with E-state index >= 15 is 0 Å². The summed E-state index contributed by atoms with van der Waals surface area (Å²) in [6.45, 7) is 3.25. The molecule has 1 heterocycles. The maximum atomic E-state index is 10.7. The fraction of sp³-hybridized carbons (Fsp3) is 0.357. The Morgan fingerprint density at radius 3 is 3.00 bits per heavy atom. The predicted molar refractivity (Wildman–Crippen MR) is 78.5 cm³/mol. The fourth-order valence-corrected chi connectivity index (χ4v) is 2.47. The topological polar surface area (TPSA) is 49.8 Å². The molecule has 1 N–H and O–H groups in total. The van der Waals surface area contributed by atoms with Gasteiger partial charge in [0.1, 0.15) is 0 Å². The second kappa shape index (κ2) is 6.73. The highest BCUT2D eigenvalue weighted by atomic mass is 79.9. The van der Waals surface area contributed by atoms with Crippen LogP contribution in [0.3, 0.4) is 0 Å². The minimum absolute atomic E-state index is 0.706. The van der Waals surface area contributed by atoms with Crippen LogP contribution < -0.4 is 4.90 Å². The van der Waals surface area contributed by atoms with Crippen LogP contribution >= 0.6 is 15.9 Å². The average molecular weight is 326 g/mol. The number of halogens is 1. The van der Waals surface area contributed by atoms with E-state index in [0.29, 0.717) is 6.61 Å². The van der Waals surface area contributed by atoms with Gasteiger partial charge in [0, 0.05) is 35.9 Å². The highest BCUT2D eigenvalue weighted by Crippen LogP contribution is 2.26. The zero-order chi connectivity index (χ0) is 13.7. The molecule has 2 rings (SSSR count). The number of hydrogen-bond acceptors (Lipinski definition) is 3. The Morgan fingerprint density at radius 2 is 2.21 bits per heavy atom. The maximum Gasteiger partial charge on any atom is 0.328 e. The van der Waals surface area contributed by atoms with Gasteiger partial charge in [0.25, 0.3) is 0 Å². The van der Waals surface area contributed by atoms with Gasteiger partial charge in [-0.3, -0.25) is 0 Å². The van der Waals surface area contributed by atoms with E-state index in [1.165, 1.54) is 6.08 Å². The van der Waals surface area contributed by atoms with Crippen LogP contribution in [0.25, 0.3) is 6.08 Å². The molecule has 1 fully saturated rings. The fourth-order valence-electron chi connectivity index (χ4n) is 2.09. The summed E-state index contributed by atoms with van der Waals surface area (Å²) in [6, 6.07) is 5.91. The Hall–Kier alpha value is -1.33. The van der Waals surface area contributed by atoms with Crippen LogP contribution in [0, 0.1) is 0 Å². The zero-order valence-electron chi connectivity index (χ0n) is 10.5. The van der Waals surface area contributed by atoms with Gasteiger partial charge in [-0.1, -0.05) is 15.9 Å². The van der Waals surface area contributed by atoms with E-state index < -0.39 is 5.97 Å². The number of benzene rings is 1. The molecule has 0 saturated carbocycles. The molecule has 0 radical (unpaired) electrons. The van der Waals surface area contributed by atoms with Crippen molar-refractivity contribution in [2.75, 3.05) is 31.2 Å². The summed E-state index contributed by atoms with van der Waals surface area (Å²) in [6.07, 6.45) is 3.78. The van der Waals surface area contributed by atoms with Crippen LogP contribution in [-0.2, 0) is 9.53 Å². The molecule has 0 atom stereocenters. The van der Waals surface area contributed by atoms with Gasteiger partial charge in [0.05, 0.1) is 6.61 Å². The third-order valence-corrected chi connectivity index (χ3v) is 3.45. The molecule has 1 aromatic rings. The number of rotatable bonds is 3. The molecule has 102 valence electrons. The van der Waals surface area contributed by atoms with Crippen molar-refractivity contribution in [3.8, 4) is 0 Å². The van der Waals surface area contributed by atoms with Crippen molar-refractivity contribution in [3.05, 3.63) is 34.3 Å². The zero-order valence-corrected chi connectivity index (χ0v) is 12.1. The first-order valence-electron chi connectivity index (χ1n) is 6.20. The largest absolute Gasteiger partial charge is 0.478 e. The van der Waals surface area contributed by atoms with E-state index in [9.17, 15) is 4.79 Å². The summed E-state index contributed by atoms with van der Waals surface area (Å²) < 4.78 is 6.38. The van der Waals surface area contributed by atoms with Crippen molar-refractivity contribution >= 4 is 33.7 Å². The smallest absolute Gasteiger partial charge is 0.328 e. The van der Waals surface area contributed by atoms with Crippen LogP contribution in [-0.4, -0.2) is 37.4 Å². The highest BCUT2D eigenvalue weighted by Gasteiger charge is 2.13. The number of ether oxygens (including phenoxy) is 1. The summed E-state index contributed by atoms with van der Waals surface area (Å²) in [5.74, 6) is -0.940. The van der Waals surface area contributed by atoms with E-state index in [-0.39, 0.29) is 0 Å². The van der Waals surface area contributed by atoms with Crippen molar-refractivity contribution in [3.63, 3.8) is 0 Å². The van der Waals surface area contributed by atoms with Gasteiger partial charge in [-0.15, -0.1) is 0 Å². The summed E-state index contributed by atoms with van der Waals surface area (Å²) >= 11 is 3.42. The lowest BCUT2D eigenvalue weighted by atomic mass is 10.1. The van der Waals surface area contributed by atoms with E-state index in [1.54, 1.807) is 6.08 Å². The molecule has 4 nitrogen and oxygen atoms in total. The van der Waals surface area contributed by atoms with Crippen molar-refractivity contribution in [1.29, 1.82) is 0 Å². The van der Waals surface area contributed by atoms with E-state index in [1.807, 2.05) is 18.2 Å². The Morgan fingerprint density at radius 1 is 1.37 bits per heavy atom. The van der Waals surface area contributed by atoms with Crippen LogP contribution in [0.2, 0.25) is 0 Å². The average Bonchev–Trinajstić information content (AvgIpc) is 2.65. The van der Waals surface area contributed by atoms with Gasteiger partial charge in [0.2, 0.25) is 0 Å². The number of hydrogen-bond donors (Lipinski definition) is 1. The molecule has 1 aliphatic heterocycles. The van der Waals surface area contributed by atoms with Crippen molar-refractivity contribution < 1.29 is 14.6 Å². The molecule has 0 aliphatic carbocycles. The first kappa shape index (κ1) is 14.1.